The summed E-state index contributed by atoms with van der Waals surface area (Å²) in [6, 6.07) is 14.9. The Kier molecular flexibility index (Phi) is 5.18. The Morgan fingerprint density at radius 2 is 1.65 bits per heavy atom. The summed E-state index contributed by atoms with van der Waals surface area (Å²) in [5, 5.41) is 14.4. The molecule has 8 nitrogen and oxygen atoms in total. The van der Waals surface area contributed by atoms with E-state index in [-0.39, 0.29) is 29.7 Å². The molecule has 3 aromatic rings. The van der Waals surface area contributed by atoms with E-state index in [1.54, 1.807) is 24.3 Å². The number of hydrazine groups is 1. The minimum absolute atomic E-state index is 0.0236. The van der Waals surface area contributed by atoms with Gasteiger partial charge in [0.05, 0.1) is 10.6 Å². The van der Waals surface area contributed by atoms with Crippen molar-refractivity contribution in [2.75, 3.05) is 16.2 Å². The first kappa shape index (κ1) is 17.1. The second kappa shape index (κ2) is 7.88. The average molecular weight is 354 g/mol. The van der Waals surface area contributed by atoms with Gasteiger partial charge in [-0.25, -0.2) is 14.4 Å². The maximum absolute atomic E-state index is 13.0. The van der Waals surface area contributed by atoms with Crippen LogP contribution >= 0.6 is 0 Å². The van der Waals surface area contributed by atoms with Crippen LogP contribution in [0.1, 0.15) is 5.56 Å². The summed E-state index contributed by atoms with van der Waals surface area (Å²) in [6.07, 6.45) is 1.22. The third-order valence-corrected chi connectivity index (χ3v) is 3.48. The number of aromatic nitrogens is 2. The van der Waals surface area contributed by atoms with Crippen LogP contribution in [0.15, 0.2) is 60.9 Å². The molecule has 0 saturated heterocycles. The molecule has 3 N–H and O–H groups in total. The SMILES string of the molecule is O=[N+]([O-])c1c(NCc2ccc(F)cc2)ncnc1NNc1ccccc1. The molecule has 0 bridgehead atoms. The number of para-hydroxylation sites is 1. The smallest absolute Gasteiger partial charge is 0.354 e. The summed E-state index contributed by atoms with van der Waals surface area (Å²) >= 11 is 0. The van der Waals surface area contributed by atoms with E-state index in [4.69, 9.17) is 0 Å². The average Bonchev–Trinajstić information content (AvgIpc) is 2.66. The van der Waals surface area contributed by atoms with E-state index in [0.717, 1.165) is 11.3 Å². The maximum atomic E-state index is 13.0. The van der Waals surface area contributed by atoms with Crippen molar-refractivity contribution >= 4 is 23.0 Å². The highest BCUT2D eigenvalue weighted by atomic mass is 19.1. The van der Waals surface area contributed by atoms with Gasteiger partial charge in [-0.05, 0) is 29.8 Å². The van der Waals surface area contributed by atoms with E-state index in [1.165, 1.54) is 18.5 Å². The molecular weight excluding hydrogens is 339 g/mol. The van der Waals surface area contributed by atoms with E-state index in [2.05, 4.69) is 26.1 Å². The molecule has 0 aliphatic heterocycles. The molecule has 0 aliphatic rings. The van der Waals surface area contributed by atoms with E-state index < -0.39 is 4.92 Å². The standard InChI is InChI=1S/C17H15FN6O2/c18-13-8-6-12(7-9-13)10-19-16-15(24(25)26)17(21-11-20-16)23-22-14-4-2-1-3-5-14/h1-9,11,22H,10H2,(H2,19,20,21,23). The number of nitro groups is 1. The molecule has 132 valence electrons. The van der Waals surface area contributed by atoms with Gasteiger partial charge in [0, 0.05) is 6.54 Å². The Balaban J connectivity index is 1.77. The van der Waals surface area contributed by atoms with Gasteiger partial charge in [-0.2, -0.15) is 0 Å². The highest BCUT2D eigenvalue weighted by molar-refractivity contribution is 5.70. The minimum atomic E-state index is -0.567. The van der Waals surface area contributed by atoms with Gasteiger partial charge in [0.2, 0.25) is 11.6 Å². The molecule has 1 aromatic heterocycles. The van der Waals surface area contributed by atoms with Crippen molar-refractivity contribution in [1.29, 1.82) is 0 Å². The number of nitrogens with zero attached hydrogens (tertiary/aromatic N) is 3. The lowest BCUT2D eigenvalue weighted by Crippen LogP contribution is -2.14. The molecule has 0 fully saturated rings. The third kappa shape index (κ3) is 4.20. The lowest BCUT2D eigenvalue weighted by atomic mass is 10.2. The third-order valence-electron chi connectivity index (χ3n) is 3.48. The van der Waals surface area contributed by atoms with Crippen molar-refractivity contribution in [3.8, 4) is 0 Å². The summed E-state index contributed by atoms with van der Waals surface area (Å²) in [7, 11) is 0. The van der Waals surface area contributed by atoms with Crippen molar-refractivity contribution in [3.63, 3.8) is 0 Å². The van der Waals surface area contributed by atoms with Gasteiger partial charge in [0.15, 0.2) is 0 Å². The Morgan fingerprint density at radius 3 is 2.35 bits per heavy atom. The molecule has 1 heterocycles. The summed E-state index contributed by atoms with van der Waals surface area (Å²) in [6.45, 7) is 0.254. The number of hydrogen-bond acceptors (Lipinski definition) is 7. The molecule has 0 atom stereocenters. The van der Waals surface area contributed by atoms with Crippen molar-refractivity contribution in [1.82, 2.24) is 9.97 Å². The van der Waals surface area contributed by atoms with Crippen LogP contribution in [0.2, 0.25) is 0 Å². The molecule has 0 spiro atoms. The molecule has 0 amide bonds. The maximum Gasteiger partial charge on any atom is 0.354 e. The normalized spacial score (nSPS) is 10.2. The van der Waals surface area contributed by atoms with E-state index in [0.29, 0.717) is 0 Å². The number of anilines is 3. The fraction of sp³-hybridized carbons (Fsp3) is 0.0588. The monoisotopic (exact) mass is 354 g/mol. The van der Waals surface area contributed by atoms with Crippen molar-refractivity contribution in [2.45, 2.75) is 6.54 Å². The van der Waals surface area contributed by atoms with Gasteiger partial charge in [0.25, 0.3) is 0 Å². The Morgan fingerprint density at radius 1 is 0.962 bits per heavy atom. The fourth-order valence-electron chi connectivity index (χ4n) is 2.21. The predicted molar refractivity (Wildman–Crippen MR) is 96.1 cm³/mol. The summed E-state index contributed by atoms with van der Waals surface area (Å²) < 4.78 is 13.0. The second-order valence-electron chi connectivity index (χ2n) is 5.27. The van der Waals surface area contributed by atoms with Crippen LogP contribution in [0.4, 0.5) is 27.4 Å². The molecular formula is C17H15FN6O2. The number of halogens is 1. The van der Waals surface area contributed by atoms with Crippen LogP contribution in [-0.4, -0.2) is 14.9 Å². The summed E-state index contributed by atoms with van der Waals surface area (Å²) in [5.41, 5.74) is 6.76. The lowest BCUT2D eigenvalue weighted by molar-refractivity contribution is -0.383. The molecule has 0 aliphatic carbocycles. The van der Waals surface area contributed by atoms with Gasteiger partial charge in [-0.3, -0.25) is 21.0 Å². The first-order valence-corrected chi connectivity index (χ1v) is 7.68. The van der Waals surface area contributed by atoms with Crippen LogP contribution in [-0.2, 0) is 6.54 Å². The molecule has 0 saturated carbocycles. The number of hydrogen-bond donors (Lipinski definition) is 3. The summed E-state index contributed by atoms with van der Waals surface area (Å²) in [5.74, 6) is -0.262. The zero-order chi connectivity index (χ0) is 18.4. The first-order chi connectivity index (χ1) is 12.6. The van der Waals surface area contributed by atoms with Crippen molar-refractivity contribution in [3.05, 3.63) is 82.4 Å². The Labute approximate surface area is 148 Å². The van der Waals surface area contributed by atoms with Crippen LogP contribution in [0.3, 0.4) is 0 Å². The lowest BCUT2D eigenvalue weighted by Gasteiger charge is -2.11. The van der Waals surface area contributed by atoms with Gasteiger partial charge in [0.1, 0.15) is 12.1 Å². The molecule has 9 heteroatoms. The Bertz CT molecular complexity index is 890. The van der Waals surface area contributed by atoms with Gasteiger partial charge >= 0.3 is 5.69 Å². The van der Waals surface area contributed by atoms with Crippen molar-refractivity contribution in [2.24, 2.45) is 0 Å². The van der Waals surface area contributed by atoms with Crippen molar-refractivity contribution < 1.29 is 9.31 Å². The number of rotatable bonds is 7. The van der Waals surface area contributed by atoms with Crippen LogP contribution in [0.25, 0.3) is 0 Å². The fourth-order valence-corrected chi connectivity index (χ4v) is 2.21. The van der Waals surface area contributed by atoms with Gasteiger partial charge in [-0.15, -0.1) is 0 Å². The molecule has 0 radical (unpaired) electrons. The van der Waals surface area contributed by atoms with Gasteiger partial charge < -0.3 is 5.32 Å². The number of benzene rings is 2. The highest BCUT2D eigenvalue weighted by Crippen LogP contribution is 2.29. The van der Waals surface area contributed by atoms with Crippen LogP contribution in [0.5, 0.6) is 0 Å². The van der Waals surface area contributed by atoms with E-state index in [9.17, 15) is 14.5 Å². The van der Waals surface area contributed by atoms with Gasteiger partial charge in [-0.1, -0.05) is 30.3 Å². The van der Waals surface area contributed by atoms with E-state index >= 15 is 0 Å². The second-order valence-corrected chi connectivity index (χ2v) is 5.27. The highest BCUT2D eigenvalue weighted by Gasteiger charge is 2.22. The van der Waals surface area contributed by atoms with E-state index in [1.807, 2.05) is 18.2 Å². The molecule has 26 heavy (non-hydrogen) atoms. The molecule has 2 aromatic carbocycles. The summed E-state index contributed by atoms with van der Waals surface area (Å²) in [4.78, 5) is 18.8. The zero-order valence-electron chi connectivity index (χ0n) is 13.5. The Hall–Kier alpha value is -3.75. The predicted octanol–water partition coefficient (Wildman–Crippen LogP) is 3.58. The minimum Gasteiger partial charge on any atom is -0.360 e. The largest absolute Gasteiger partial charge is 0.360 e. The quantitative estimate of drug-likeness (QED) is 0.440. The zero-order valence-corrected chi connectivity index (χ0v) is 13.5. The van der Waals surface area contributed by atoms with Crippen LogP contribution in [0, 0.1) is 15.9 Å². The van der Waals surface area contributed by atoms with Crippen LogP contribution < -0.4 is 16.2 Å². The number of nitrogens with one attached hydrogen (secondary N) is 3. The topological polar surface area (TPSA) is 105 Å². The molecule has 3 rings (SSSR count). The molecule has 0 unspecified atom stereocenters. The first-order valence-electron chi connectivity index (χ1n) is 7.68.